The van der Waals surface area contributed by atoms with Gasteiger partial charge in [0.1, 0.15) is 0 Å². The van der Waals surface area contributed by atoms with E-state index in [4.69, 9.17) is 4.74 Å². The van der Waals surface area contributed by atoms with Crippen LogP contribution in [0.1, 0.15) is 59.3 Å². The fourth-order valence-electron chi connectivity index (χ4n) is 3.11. The van der Waals surface area contributed by atoms with Gasteiger partial charge in [-0.3, -0.25) is 0 Å². The summed E-state index contributed by atoms with van der Waals surface area (Å²) in [6.07, 6.45) is 7.14. The molecule has 0 aromatic rings. The van der Waals surface area contributed by atoms with Crippen molar-refractivity contribution in [2.45, 2.75) is 83.1 Å². The Kier molecular flexibility index (Phi) is 4.68. The van der Waals surface area contributed by atoms with Gasteiger partial charge in [-0.15, -0.1) is 0 Å². The third-order valence-corrected chi connectivity index (χ3v) is 4.07. The highest BCUT2D eigenvalue weighted by Gasteiger charge is 2.33. The third kappa shape index (κ3) is 4.52. The maximum atomic E-state index is 9.64. The van der Waals surface area contributed by atoms with Crippen LogP contribution >= 0.6 is 0 Å². The standard InChI is InChI=1S/C15H29NO2/c1-15(2,3)18-14-8-12(9-14)16-10-11-5-4-6-13(17)7-11/h11-14,16-17H,4-10H2,1-3H3. The van der Waals surface area contributed by atoms with Gasteiger partial charge in [0.25, 0.3) is 0 Å². The second kappa shape index (κ2) is 5.89. The fraction of sp³-hybridized carbons (Fsp3) is 1.00. The van der Waals surface area contributed by atoms with E-state index in [2.05, 4.69) is 26.1 Å². The van der Waals surface area contributed by atoms with Crippen LogP contribution in [-0.2, 0) is 4.74 Å². The Hall–Kier alpha value is -0.120. The topological polar surface area (TPSA) is 41.5 Å². The van der Waals surface area contributed by atoms with Gasteiger partial charge in [-0.05, 0) is 65.3 Å². The molecule has 3 nitrogen and oxygen atoms in total. The van der Waals surface area contributed by atoms with Crippen molar-refractivity contribution < 1.29 is 9.84 Å². The molecular formula is C15H29NO2. The van der Waals surface area contributed by atoms with E-state index in [1.165, 1.54) is 12.8 Å². The maximum absolute atomic E-state index is 9.64. The lowest BCUT2D eigenvalue weighted by molar-refractivity contribution is -0.103. The van der Waals surface area contributed by atoms with Crippen molar-refractivity contribution in [1.29, 1.82) is 0 Å². The minimum atomic E-state index is -0.0519. The summed E-state index contributed by atoms with van der Waals surface area (Å²) in [5.74, 6) is 0.677. The van der Waals surface area contributed by atoms with Crippen LogP contribution in [0.2, 0.25) is 0 Å². The molecule has 0 heterocycles. The number of aliphatic hydroxyl groups is 1. The van der Waals surface area contributed by atoms with Gasteiger partial charge in [-0.2, -0.15) is 0 Å². The highest BCUT2D eigenvalue weighted by atomic mass is 16.5. The first-order chi connectivity index (χ1) is 8.42. The maximum Gasteiger partial charge on any atom is 0.0612 e. The minimum Gasteiger partial charge on any atom is -0.393 e. The Morgan fingerprint density at radius 3 is 2.50 bits per heavy atom. The molecule has 106 valence electrons. The minimum absolute atomic E-state index is 0.0108. The van der Waals surface area contributed by atoms with Gasteiger partial charge >= 0.3 is 0 Å². The molecule has 2 rings (SSSR count). The molecule has 3 heteroatoms. The zero-order chi connectivity index (χ0) is 13.2. The van der Waals surface area contributed by atoms with Crippen LogP contribution in [0.15, 0.2) is 0 Å². The van der Waals surface area contributed by atoms with Gasteiger partial charge in [0.2, 0.25) is 0 Å². The van der Waals surface area contributed by atoms with Crippen LogP contribution < -0.4 is 5.32 Å². The highest BCUT2D eigenvalue weighted by molar-refractivity contribution is 4.88. The van der Waals surface area contributed by atoms with Gasteiger partial charge in [-0.1, -0.05) is 6.42 Å². The van der Waals surface area contributed by atoms with E-state index in [9.17, 15) is 5.11 Å². The van der Waals surface area contributed by atoms with Crippen molar-refractivity contribution in [1.82, 2.24) is 5.32 Å². The third-order valence-electron chi connectivity index (χ3n) is 4.07. The lowest BCUT2D eigenvalue weighted by atomic mass is 9.85. The SMILES string of the molecule is CC(C)(C)OC1CC(NCC2CCCC(O)C2)C1. The molecule has 0 amide bonds. The average molecular weight is 255 g/mol. The Bertz CT molecular complexity index is 256. The van der Waals surface area contributed by atoms with Gasteiger partial charge in [-0.25, -0.2) is 0 Å². The molecule has 18 heavy (non-hydrogen) atoms. The summed E-state index contributed by atoms with van der Waals surface area (Å²) >= 11 is 0. The molecule has 2 saturated carbocycles. The van der Waals surface area contributed by atoms with Crippen LogP contribution in [-0.4, -0.2) is 35.5 Å². The van der Waals surface area contributed by atoms with E-state index < -0.39 is 0 Å². The van der Waals surface area contributed by atoms with Gasteiger partial charge in [0.05, 0.1) is 17.8 Å². The molecule has 2 unspecified atom stereocenters. The normalized spacial score (nSPS) is 37.3. The smallest absolute Gasteiger partial charge is 0.0612 e. The molecule has 2 aliphatic carbocycles. The molecule has 0 radical (unpaired) electrons. The fourth-order valence-corrected chi connectivity index (χ4v) is 3.11. The van der Waals surface area contributed by atoms with Gasteiger partial charge in [0, 0.05) is 6.04 Å². The van der Waals surface area contributed by atoms with Crippen LogP contribution in [0.25, 0.3) is 0 Å². The van der Waals surface area contributed by atoms with Crippen molar-refractivity contribution in [3.63, 3.8) is 0 Å². The molecule has 0 saturated heterocycles. The average Bonchev–Trinajstić information content (AvgIpc) is 2.20. The van der Waals surface area contributed by atoms with Gasteiger partial charge < -0.3 is 15.2 Å². The van der Waals surface area contributed by atoms with Crippen LogP contribution in [0.4, 0.5) is 0 Å². The Morgan fingerprint density at radius 2 is 1.89 bits per heavy atom. The first-order valence-electron chi connectivity index (χ1n) is 7.51. The second-order valence-electron chi connectivity index (χ2n) is 7.12. The lowest BCUT2D eigenvalue weighted by Gasteiger charge is -2.40. The molecular weight excluding hydrogens is 226 g/mol. The zero-order valence-electron chi connectivity index (χ0n) is 12.1. The molecule has 2 N–H and O–H groups in total. The quantitative estimate of drug-likeness (QED) is 0.811. The summed E-state index contributed by atoms with van der Waals surface area (Å²) in [5, 5.41) is 13.3. The van der Waals surface area contributed by atoms with Crippen molar-refractivity contribution in [2.24, 2.45) is 5.92 Å². The molecule has 0 bridgehead atoms. The van der Waals surface area contributed by atoms with E-state index in [1.807, 2.05) is 0 Å². The van der Waals surface area contributed by atoms with E-state index >= 15 is 0 Å². The lowest BCUT2D eigenvalue weighted by Crippen LogP contribution is -2.49. The van der Waals surface area contributed by atoms with Crippen LogP contribution in [0.5, 0.6) is 0 Å². The Labute approximate surface area is 111 Å². The van der Waals surface area contributed by atoms with Crippen molar-refractivity contribution in [3.8, 4) is 0 Å². The van der Waals surface area contributed by atoms with Crippen LogP contribution in [0.3, 0.4) is 0 Å². The summed E-state index contributed by atoms with van der Waals surface area (Å²) in [4.78, 5) is 0. The van der Waals surface area contributed by atoms with Crippen molar-refractivity contribution in [2.75, 3.05) is 6.54 Å². The molecule has 0 aromatic heterocycles. The largest absolute Gasteiger partial charge is 0.393 e. The molecule has 2 atom stereocenters. The summed E-state index contributed by atoms with van der Waals surface area (Å²) in [6, 6.07) is 0.636. The predicted molar refractivity (Wildman–Crippen MR) is 73.6 cm³/mol. The van der Waals surface area contributed by atoms with E-state index in [1.54, 1.807) is 0 Å². The summed E-state index contributed by atoms with van der Waals surface area (Å²) in [6.45, 7) is 7.44. The summed E-state index contributed by atoms with van der Waals surface area (Å²) in [7, 11) is 0. The zero-order valence-corrected chi connectivity index (χ0v) is 12.1. The van der Waals surface area contributed by atoms with Crippen LogP contribution in [0, 0.1) is 5.92 Å². The Morgan fingerprint density at radius 1 is 1.17 bits per heavy atom. The van der Waals surface area contributed by atoms with E-state index in [0.717, 1.165) is 32.2 Å². The van der Waals surface area contributed by atoms with Gasteiger partial charge in [0.15, 0.2) is 0 Å². The molecule has 2 fully saturated rings. The molecule has 0 aromatic carbocycles. The number of hydrogen-bond acceptors (Lipinski definition) is 3. The highest BCUT2D eigenvalue weighted by Crippen LogP contribution is 2.29. The molecule has 0 spiro atoms. The first kappa shape index (κ1) is 14.3. The number of ether oxygens (including phenoxy) is 1. The number of rotatable bonds is 4. The van der Waals surface area contributed by atoms with Crippen molar-refractivity contribution >= 4 is 0 Å². The predicted octanol–water partition coefficient (Wildman–Crippen LogP) is 2.47. The summed E-state index contributed by atoms with van der Waals surface area (Å²) < 4.78 is 5.93. The van der Waals surface area contributed by atoms with E-state index in [0.29, 0.717) is 18.1 Å². The number of hydrogen-bond donors (Lipinski definition) is 2. The summed E-state index contributed by atoms with van der Waals surface area (Å²) in [5.41, 5.74) is -0.0108. The second-order valence-corrected chi connectivity index (χ2v) is 7.12. The van der Waals surface area contributed by atoms with E-state index in [-0.39, 0.29) is 11.7 Å². The number of nitrogens with one attached hydrogen (secondary N) is 1. The Balaban J connectivity index is 1.57. The van der Waals surface area contributed by atoms with Crippen molar-refractivity contribution in [3.05, 3.63) is 0 Å². The first-order valence-corrected chi connectivity index (χ1v) is 7.51. The number of aliphatic hydroxyl groups excluding tert-OH is 1. The monoisotopic (exact) mass is 255 g/mol. The molecule has 0 aliphatic heterocycles. The molecule has 2 aliphatic rings.